The Balaban J connectivity index is 3.09. The fourth-order valence-electron chi connectivity index (χ4n) is 0.718. The van der Waals surface area contributed by atoms with E-state index < -0.39 is 0 Å². The minimum atomic E-state index is 0.486. The number of nitrogens with two attached hydrogens (primary N) is 1. The van der Waals surface area contributed by atoms with E-state index in [0.717, 1.165) is 10.5 Å². The molecule has 1 aromatic carbocycles. The lowest BCUT2D eigenvalue weighted by atomic mass is 10.2. The van der Waals surface area contributed by atoms with Gasteiger partial charge in [0.2, 0.25) is 0 Å². The Labute approximate surface area is 70.6 Å². The van der Waals surface area contributed by atoms with Crippen LogP contribution in [0.15, 0.2) is 23.1 Å². The zero-order valence-corrected chi connectivity index (χ0v) is 6.99. The molecule has 0 aromatic heterocycles. The fraction of sp³-hybridized carbons (Fsp3) is 0.143. The number of hydrogen-bond donors (Lipinski definition) is 2. The van der Waals surface area contributed by atoms with Gasteiger partial charge in [0.05, 0.1) is 0 Å². The van der Waals surface area contributed by atoms with E-state index in [4.69, 9.17) is 17.3 Å². The lowest BCUT2D eigenvalue weighted by Gasteiger charge is -2.00. The molecule has 0 aliphatic rings. The highest BCUT2D eigenvalue weighted by molar-refractivity contribution is 7.80. The van der Waals surface area contributed by atoms with E-state index >= 15 is 0 Å². The molecule has 0 saturated carbocycles. The van der Waals surface area contributed by atoms with Crippen LogP contribution in [0.1, 0.15) is 5.56 Å². The summed E-state index contributed by atoms with van der Waals surface area (Å²) in [6, 6.07) is 5.46. The smallest absolute Gasteiger partial charge is 0.0410 e. The standard InChI is InChI=1S/C7H8ClNS/c8-6-1-2-7(10)5(3-6)4-9/h1-3,10H,4,9H2. The van der Waals surface area contributed by atoms with E-state index in [0.29, 0.717) is 11.6 Å². The Morgan fingerprint density at radius 2 is 2.20 bits per heavy atom. The normalized spacial score (nSPS) is 9.90. The molecule has 1 nitrogen and oxygen atoms in total. The van der Waals surface area contributed by atoms with Gasteiger partial charge in [0.15, 0.2) is 0 Å². The monoisotopic (exact) mass is 173 g/mol. The third kappa shape index (κ3) is 1.66. The van der Waals surface area contributed by atoms with Crippen molar-refractivity contribution in [2.24, 2.45) is 5.73 Å². The first kappa shape index (κ1) is 7.92. The van der Waals surface area contributed by atoms with Crippen molar-refractivity contribution in [2.45, 2.75) is 11.4 Å². The van der Waals surface area contributed by atoms with Crippen molar-refractivity contribution in [1.29, 1.82) is 0 Å². The Bertz CT molecular complexity index is 237. The largest absolute Gasteiger partial charge is 0.326 e. The number of thiol groups is 1. The molecule has 0 radical (unpaired) electrons. The second kappa shape index (κ2) is 3.28. The van der Waals surface area contributed by atoms with Gasteiger partial charge >= 0.3 is 0 Å². The van der Waals surface area contributed by atoms with Gasteiger partial charge in [0.1, 0.15) is 0 Å². The predicted octanol–water partition coefficient (Wildman–Crippen LogP) is 2.09. The molecular formula is C7H8ClNS. The lowest BCUT2D eigenvalue weighted by molar-refractivity contribution is 1.03. The molecule has 0 spiro atoms. The van der Waals surface area contributed by atoms with Gasteiger partial charge in [-0.2, -0.15) is 0 Å². The summed E-state index contributed by atoms with van der Waals surface area (Å²) in [6.07, 6.45) is 0. The second-order valence-corrected chi connectivity index (χ2v) is 2.90. The summed E-state index contributed by atoms with van der Waals surface area (Å²) >= 11 is 9.89. The molecule has 0 bridgehead atoms. The summed E-state index contributed by atoms with van der Waals surface area (Å²) in [7, 11) is 0. The SMILES string of the molecule is NCc1cc(Cl)ccc1S. The summed E-state index contributed by atoms with van der Waals surface area (Å²) in [5.41, 5.74) is 6.39. The number of benzene rings is 1. The molecule has 1 aromatic rings. The highest BCUT2D eigenvalue weighted by Gasteiger charge is 1.95. The van der Waals surface area contributed by atoms with Crippen LogP contribution in [0.5, 0.6) is 0 Å². The number of halogens is 1. The van der Waals surface area contributed by atoms with Gasteiger partial charge in [-0.3, -0.25) is 0 Å². The molecule has 54 valence electrons. The van der Waals surface area contributed by atoms with Crippen LogP contribution in [0.25, 0.3) is 0 Å². The topological polar surface area (TPSA) is 26.0 Å². The van der Waals surface area contributed by atoms with Crippen LogP contribution < -0.4 is 5.73 Å². The van der Waals surface area contributed by atoms with Crippen molar-refractivity contribution in [3.05, 3.63) is 28.8 Å². The molecule has 1 rings (SSSR count). The fourth-order valence-corrected chi connectivity index (χ4v) is 1.14. The second-order valence-electron chi connectivity index (χ2n) is 1.98. The summed E-state index contributed by atoms with van der Waals surface area (Å²) in [4.78, 5) is 0.895. The summed E-state index contributed by atoms with van der Waals surface area (Å²) in [5, 5.41) is 0.707. The maximum absolute atomic E-state index is 5.71. The van der Waals surface area contributed by atoms with Crippen LogP contribution in [0.3, 0.4) is 0 Å². The molecule has 0 heterocycles. The average molecular weight is 174 g/mol. The van der Waals surface area contributed by atoms with Crippen LogP contribution in [-0.4, -0.2) is 0 Å². The van der Waals surface area contributed by atoms with Crippen molar-refractivity contribution >= 4 is 24.2 Å². The highest BCUT2D eigenvalue weighted by atomic mass is 35.5. The highest BCUT2D eigenvalue weighted by Crippen LogP contribution is 2.17. The first-order chi connectivity index (χ1) is 4.74. The van der Waals surface area contributed by atoms with E-state index in [1.165, 1.54) is 0 Å². The Morgan fingerprint density at radius 1 is 1.50 bits per heavy atom. The first-order valence-electron chi connectivity index (χ1n) is 2.91. The van der Waals surface area contributed by atoms with Crippen LogP contribution in [0.4, 0.5) is 0 Å². The van der Waals surface area contributed by atoms with Gasteiger partial charge in [-0.15, -0.1) is 12.6 Å². The molecule has 2 N–H and O–H groups in total. The number of hydrogen-bond acceptors (Lipinski definition) is 2. The zero-order chi connectivity index (χ0) is 7.56. The molecule has 0 aliphatic heterocycles. The molecule has 0 atom stereocenters. The summed E-state index contributed by atoms with van der Waals surface area (Å²) in [6.45, 7) is 0.486. The van der Waals surface area contributed by atoms with E-state index in [1.807, 2.05) is 12.1 Å². The van der Waals surface area contributed by atoms with Crippen molar-refractivity contribution in [2.75, 3.05) is 0 Å². The molecule has 0 saturated heterocycles. The molecule has 0 unspecified atom stereocenters. The molecular weight excluding hydrogens is 166 g/mol. The quantitative estimate of drug-likeness (QED) is 0.625. The van der Waals surface area contributed by atoms with Crippen molar-refractivity contribution in [3.63, 3.8) is 0 Å². The van der Waals surface area contributed by atoms with E-state index in [2.05, 4.69) is 12.6 Å². The van der Waals surface area contributed by atoms with Gasteiger partial charge in [0, 0.05) is 16.5 Å². The molecule has 10 heavy (non-hydrogen) atoms. The minimum Gasteiger partial charge on any atom is -0.326 e. The molecule has 0 fully saturated rings. The third-order valence-electron chi connectivity index (χ3n) is 1.26. The molecule has 3 heteroatoms. The Morgan fingerprint density at radius 3 is 2.70 bits per heavy atom. The molecule has 0 aliphatic carbocycles. The van der Waals surface area contributed by atoms with Gasteiger partial charge in [-0.05, 0) is 23.8 Å². The maximum atomic E-state index is 5.71. The van der Waals surface area contributed by atoms with Crippen molar-refractivity contribution in [1.82, 2.24) is 0 Å². The predicted molar refractivity (Wildman–Crippen MR) is 46.6 cm³/mol. The first-order valence-corrected chi connectivity index (χ1v) is 3.74. The summed E-state index contributed by atoms with van der Waals surface area (Å²) in [5.74, 6) is 0. The maximum Gasteiger partial charge on any atom is 0.0410 e. The van der Waals surface area contributed by atoms with E-state index in [9.17, 15) is 0 Å². The summed E-state index contributed by atoms with van der Waals surface area (Å²) < 4.78 is 0. The number of rotatable bonds is 1. The van der Waals surface area contributed by atoms with E-state index in [-0.39, 0.29) is 0 Å². The van der Waals surface area contributed by atoms with Crippen LogP contribution >= 0.6 is 24.2 Å². The van der Waals surface area contributed by atoms with Crippen LogP contribution in [-0.2, 0) is 6.54 Å². The Hall–Kier alpha value is -0.180. The van der Waals surface area contributed by atoms with Gasteiger partial charge in [-0.25, -0.2) is 0 Å². The van der Waals surface area contributed by atoms with Crippen LogP contribution in [0, 0.1) is 0 Å². The Kier molecular flexibility index (Phi) is 2.60. The van der Waals surface area contributed by atoms with Gasteiger partial charge in [-0.1, -0.05) is 11.6 Å². The van der Waals surface area contributed by atoms with Crippen molar-refractivity contribution < 1.29 is 0 Å². The molecule has 0 amide bonds. The van der Waals surface area contributed by atoms with Crippen molar-refractivity contribution in [3.8, 4) is 0 Å². The zero-order valence-electron chi connectivity index (χ0n) is 5.34. The minimum absolute atomic E-state index is 0.486. The average Bonchev–Trinajstić information content (AvgIpc) is 1.94. The third-order valence-corrected chi connectivity index (χ3v) is 1.93. The van der Waals surface area contributed by atoms with Crippen LogP contribution in [0.2, 0.25) is 5.02 Å². The van der Waals surface area contributed by atoms with Gasteiger partial charge in [0.25, 0.3) is 0 Å². The lowest BCUT2D eigenvalue weighted by Crippen LogP contribution is -1.96. The van der Waals surface area contributed by atoms with Gasteiger partial charge < -0.3 is 5.73 Å². The van der Waals surface area contributed by atoms with E-state index in [1.54, 1.807) is 6.07 Å².